The largest absolute Gasteiger partial charge is 0.459 e. The van der Waals surface area contributed by atoms with Gasteiger partial charge in [-0.15, -0.1) is 0 Å². The Bertz CT molecular complexity index is 740. The zero-order valence-electron chi connectivity index (χ0n) is 14.3. The number of nitrogens with one attached hydrogen (secondary N) is 1. The zero-order chi connectivity index (χ0) is 19.3. The van der Waals surface area contributed by atoms with Crippen molar-refractivity contribution in [3.8, 4) is 0 Å². The highest BCUT2D eigenvalue weighted by Gasteiger charge is 2.29. The summed E-state index contributed by atoms with van der Waals surface area (Å²) in [5.74, 6) is 0.314. The molecule has 0 aliphatic carbocycles. The number of carbonyl (C=O) groups is 2. The molecule has 0 saturated heterocycles. The van der Waals surface area contributed by atoms with Crippen molar-refractivity contribution in [2.75, 3.05) is 20.2 Å². The minimum absolute atomic E-state index is 0.0812. The van der Waals surface area contributed by atoms with Gasteiger partial charge >= 0.3 is 12.3 Å². The molecule has 0 aliphatic heterocycles. The number of halogens is 3. The van der Waals surface area contributed by atoms with Crippen molar-refractivity contribution >= 4 is 23.0 Å². The predicted molar refractivity (Wildman–Crippen MR) is 87.4 cm³/mol. The van der Waals surface area contributed by atoms with Crippen molar-refractivity contribution in [3.63, 3.8) is 0 Å². The Labute approximate surface area is 147 Å². The van der Waals surface area contributed by atoms with Crippen molar-refractivity contribution < 1.29 is 31.9 Å². The number of furan rings is 1. The summed E-state index contributed by atoms with van der Waals surface area (Å²) in [5, 5.41) is 3.03. The van der Waals surface area contributed by atoms with Gasteiger partial charge in [-0.2, -0.15) is 13.2 Å². The Hall–Kier alpha value is -2.71. The third-order valence-corrected chi connectivity index (χ3v) is 3.81. The molecule has 0 aliphatic rings. The van der Waals surface area contributed by atoms with Gasteiger partial charge in [0.05, 0.1) is 6.04 Å². The Morgan fingerprint density at radius 1 is 1.31 bits per heavy atom. The van der Waals surface area contributed by atoms with Crippen molar-refractivity contribution in [2.24, 2.45) is 0 Å². The number of nitrogens with zero attached hydrogens (tertiary/aromatic N) is 1. The lowest BCUT2D eigenvalue weighted by Gasteiger charge is -2.23. The molecule has 0 spiro atoms. The number of hydrogen-bond acceptors (Lipinski definition) is 4. The zero-order valence-corrected chi connectivity index (χ0v) is 14.3. The Balaban J connectivity index is 1.82. The highest BCUT2D eigenvalue weighted by Crippen LogP contribution is 2.26. The molecule has 1 aromatic heterocycles. The lowest BCUT2D eigenvalue weighted by atomic mass is 10.2. The van der Waals surface area contributed by atoms with E-state index in [-0.39, 0.29) is 24.9 Å². The van der Waals surface area contributed by atoms with E-state index in [4.69, 9.17) is 4.42 Å². The van der Waals surface area contributed by atoms with Crippen LogP contribution in [0.3, 0.4) is 0 Å². The SMILES string of the molecule is C[C@H](c1cc2ccccc2o1)N(C)C(=O)CCNC(=O)OCC(F)(F)F. The summed E-state index contributed by atoms with van der Waals surface area (Å²) in [6.07, 6.45) is -5.89. The van der Waals surface area contributed by atoms with E-state index in [1.54, 1.807) is 14.0 Å². The van der Waals surface area contributed by atoms with Gasteiger partial charge in [0.15, 0.2) is 6.61 Å². The monoisotopic (exact) mass is 372 g/mol. The van der Waals surface area contributed by atoms with Crippen LogP contribution in [0.15, 0.2) is 34.7 Å². The van der Waals surface area contributed by atoms with Gasteiger partial charge in [-0.25, -0.2) is 4.79 Å². The molecule has 142 valence electrons. The number of rotatable bonds is 6. The van der Waals surface area contributed by atoms with E-state index in [2.05, 4.69) is 10.1 Å². The maximum absolute atomic E-state index is 12.2. The molecule has 0 unspecified atom stereocenters. The van der Waals surface area contributed by atoms with Gasteiger partial charge in [-0.05, 0) is 19.1 Å². The second kappa shape index (κ2) is 8.11. The first kappa shape index (κ1) is 19.6. The highest BCUT2D eigenvalue weighted by atomic mass is 19.4. The first-order chi connectivity index (χ1) is 12.2. The molecule has 1 heterocycles. The number of fused-ring (bicyclic) bond motifs is 1. The van der Waals surface area contributed by atoms with Crippen LogP contribution >= 0.6 is 0 Å². The quantitative estimate of drug-likeness (QED) is 0.841. The fourth-order valence-corrected chi connectivity index (χ4v) is 2.26. The van der Waals surface area contributed by atoms with Gasteiger partial charge in [0.1, 0.15) is 11.3 Å². The number of para-hydroxylation sites is 1. The van der Waals surface area contributed by atoms with Crippen LogP contribution in [0.2, 0.25) is 0 Å². The van der Waals surface area contributed by atoms with E-state index in [0.717, 1.165) is 5.39 Å². The Morgan fingerprint density at radius 3 is 2.65 bits per heavy atom. The van der Waals surface area contributed by atoms with Crippen LogP contribution in [0.5, 0.6) is 0 Å². The number of alkyl halides is 3. The highest BCUT2D eigenvalue weighted by molar-refractivity contribution is 5.79. The summed E-state index contributed by atoms with van der Waals surface area (Å²) in [4.78, 5) is 24.8. The molecule has 2 rings (SSSR count). The summed E-state index contributed by atoms with van der Waals surface area (Å²) in [7, 11) is 1.59. The normalized spacial score (nSPS) is 12.7. The summed E-state index contributed by atoms with van der Waals surface area (Å²) >= 11 is 0. The van der Waals surface area contributed by atoms with E-state index in [1.807, 2.05) is 30.3 Å². The average molecular weight is 372 g/mol. The molecule has 0 bridgehead atoms. The van der Waals surface area contributed by atoms with Crippen molar-refractivity contribution in [3.05, 3.63) is 36.1 Å². The minimum atomic E-state index is -4.59. The van der Waals surface area contributed by atoms with Crippen LogP contribution in [-0.2, 0) is 9.53 Å². The molecule has 26 heavy (non-hydrogen) atoms. The Morgan fingerprint density at radius 2 is 2.00 bits per heavy atom. The number of ether oxygens (including phenoxy) is 1. The topological polar surface area (TPSA) is 71.8 Å². The maximum Gasteiger partial charge on any atom is 0.422 e. The van der Waals surface area contributed by atoms with E-state index in [9.17, 15) is 22.8 Å². The maximum atomic E-state index is 12.2. The minimum Gasteiger partial charge on any atom is -0.459 e. The fraction of sp³-hybridized carbons (Fsp3) is 0.412. The molecule has 1 N–H and O–H groups in total. The van der Waals surface area contributed by atoms with Crippen LogP contribution in [-0.4, -0.2) is 43.3 Å². The van der Waals surface area contributed by atoms with Crippen LogP contribution in [0.25, 0.3) is 11.0 Å². The van der Waals surface area contributed by atoms with Gasteiger partial charge < -0.3 is 19.4 Å². The molecule has 1 aromatic carbocycles. The second-order valence-corrected chi connectivity index (χ2v) is 5.74. The van der Waals surface area contributed by atoms with E-state index in [0.29, 0.717) is 11.3 Å². The van der Waals surface area contributed by atoms with Crippen LogP contribution in [0.4, 0.5) is 18.0 Å². The number of alkyl carbamates (subject to hydrolysis) is 1. The van der Waals surface area contributed by atoms with Crippen molar-refractivity contribution in [2.45, 2.75) is 25.6 Å². The third kappa shape index (κ3) is 5.40. The summed E-state index contributed by atoms with van der Waals surface area (Å²) in [5.41, 5.74) is 0.712. The molecule has 9 heteroatoms. The van der Waals surface area contributed by atoms with E-state index >= 15 is 0 Å². The molecule has 0 radical (unpaired) electrons. The summed E-state index contributed by atoms with van der Waals surface area (Å²) in [6.45, 7) is -0.0108. The van der Waals surface area contributed by atoms with Gasteiger partial charge in [-0.1, -0.05) is 18.2 Å². The third-order valence-electron chi connectivity index (χ3n) is 3.81. The van der Waals surface area contributed by atoms with Crippen LogP contribution < -0.4 is 5.32 Å². The van der Waals surface area contributed by atoms with E-state index in [1.165, 1.54) is 4.90 Å². The molecule has 1 atom stereocenters. The second-order valence-electron chi connectivity index (χ2n) is 5.74. The van der Waals surface area contributed by atoms with Gasteiger partial charge in [0.25, 0.3) is 0 Å². The summed E-state index contributed by atoms with van der Waals surface area (Å²) < 4.78 is 45.5. The molecular formula is C17H19F3N2O4. The first-order valence-corrected chi connectivity index (χ1v) is 7.89. The van der Waals surface area contributed by atoms with Gasteiger partial charge in [0.2, 0.25) is 5.91 Å². The number of hydrogen-bond donors (Lipinski definition) is 1. The fourth-order valence-electron chi connectivity index (χ4n) is 2.26. The van der Waals surface area contributed by atoms with Crippen LogP contribution in [0, 0.1) is 0 Å². The standard InChI is InChI=1S/C17H19F3N2O4/c1-11(14-9-12-5-3-4-6-13(12)26-14)22(2)15(23)7-8-21-16(24)25-10-17(18,19)20/h3-6,9,11H,7-8,10H2,1-2H3,(H,21,24)/t11-/m1/s1. The first-order valence-electron chi connectivity index (χ1n) is 7.89. The van der Waals surface area contributed by atoms with Crippen molar-refractivity contribution in [1.82, 2.24) is 10.2 Å². The van der Waals surface area contributed by atoms with Gasteiger partial charge in [-0.3, -0.25) is 4.79 Å². The average Bonchev–Trinajstić information content (AvgIpc) is 3.02. The molecule has 2 aromatic rings. The summed E-state index contributed by atoms with van der Waals surface area (Å²) in [6, 6.07) is 8.95. The van der Waals surface area contributed by atoms with Crippen molar-refractivity contribution in [1.29, 1.82) is 0 Å². The van der Waals surface area contributed by atoms with E-state index < -0.39 is 18.9 Å². The lowest BCUT2D eigenvalue weighted by Crippen LogP contribution is -2.34. The number of carbonyl (C=O) groups excluding carboxylic acids is 2. The Kier molecular flexibility index (Phi) is 6.12. The molecule has 2 amide bonds. The molecule has 0 saturated carbocycles. The molecular weight excluding hydrogens is 353 g/mol. The number of benzene rings is 1. The predicted octanol–water partition coefficient (Wildman–Crippen LogP) is 3.63. The smallest absolute Gasteiger partial charge is 0.422 e. The molecule has 6 nitrogen and oxygen atoms in total. The van der Waals surface area contributed by atoms with Gasteiger partial charge in [0, 0.05) is 25.4 Å². The van der Waals surface area contributed by atoms with Crippen LogP contribution in [0.1, 0.15) is 25.1 Å². The number of amides is 2. The molecule has 0 fully saturated rings. The lowest BCUT2D eigenvalue weighted by molar-refractivity contribution is -0.160.